The second-order valence-corrected chi connectivity index (χ2v) is 4.36. The first-order valence-electron chi connectivity index (χ1n) is 4.48. The van der Waals surface area contributed by atoms with Crippen molar-refractivity contribution in [1.82, 2.24) is 0 Å². The van der Waals surface area contributed by atoms with Crippen molar-refractivity contribution in [2.75, 3.05) is 17.6 Å². The number of hydrogen-bond donors (Lipinski definition) is 0. The molecule has 1 unspecified atom stereocenters. The van der Waals surface area contributed by atoms with E-state index in [0.29, 0.717) is 17.9 Å². The highest BCUT2D eigenvalue weighted by Crippen LogP contribution is 2.04. The Kier molecular flexibility index (Phi) is 4.69. The number of rotatable bonds is 3. The van der Waals surface area contributed by atoms with Gasteiger partial charge in [-0.3, -0.25) is 4.99 Å². The van der Waals surface area contributed by atoms with Crippen LogP contribution in [0.15, 0.2) is 9.98 Å². The summed E-state index contributed by atoms with van der Waals surface area (Å²) in [5.74, 6) is 1.23. The highest BCUT2D eigenvalue weighted by Gasteiger charge is 2.10. The van der Waals surface area contributed by atoms with Crippen LogP contribution in [0.3, 0.4) is 0 Å². The monoisotopic (exact) mass is 294 g/mol. The summed E-state index contributed by atoms with van der Waals surface area (Å²) in [6, 6.07) is 0.313. The third-order valence-corrected chi connectivity index (χ3v) is 2.59. The van der Waals surface area contributed by atoms with Crippen LogP contribution in [-0.4, -0.2) is 35.7 Å². The van der Waals surface area contributed by atoms with E-state index < -0.39 is 0 Å². The molecule has 0 fully saturated rings. The summed E-state index contributed by atoms with van der Waals surface area (Å²) in [4.78, 5) is 8.61. The third-order valence-electron chi connectivity index (χ3n) is 1.57. The van der Waals surface area contributed by atoms with Crippen LogP contribution in [-0.2, 0) is 4.74 Å². The van der Waals surface area contributed by atoms with Crippen LogP contribution >= 0.6 is 22.6 Å². The fourth-order valence-electron chi connectivity index (χ4n) is 0.916. The molecule has 0 spiro atoms. The van der Waals surface area contributed by atoms with Crippen LogP contribution in [0.2, 0.25) is 0 Å². The van der Waals surface area contributed by atoms with E-state index >= 15 is 0 Å². The van der Waals surface area contributed by atoms with Gasteiger partial charge in [0, 0.05) is 4.43 Å². The lowest BCUT2D eigenvalue weighted by molar-refractivity contribution is 0.261. The van der Waals surface area contributed by atoms with Gasteiger partial charge in [-0.1, -0.05) is 36.4 Å². The van der Waals surface area contributed by atoms with Gasteiger partial charge >= 0.3 is 0 Å². The number of aliphatic imine (C=N–C) groups is 2. The van der Waals surface area contributed by atoms with Gasteiger partial charge in [-0.15, -0.1) is 0 Å². The molecule has 0 aliphatic carbocycles. The van der Waals surface area contributed by atoms with Gasteiger partial charge in [-0.25, -0.2) is 4.99 Å². The molecule has 74 valence electrons. The molecule has 0 aromatic carbocycles. The van der Waals surface area contributed by atoms with Gasteiger partial charge in [-0.2, -0.15) is 0 Å². The molecule has 0 bridgehead atoms. The van der Waals surface area contributed by atoms with Crippen molar-refractivity contribution in [1.29, 1.82) is 0 Å². The van der Waals surface area contributed by atoms with E-state index in [0.717, 1.165) is 17.6 Å². The van der Waals surface area contributed by atoms with Gasteiger partial charge in [0.25, 0.3) is 0 Å². The zero-order chi connectivity index (χ0) is 9.68. The molecule has 0 N–H and O–H groups in total. The Hall–Kier alpha value is -0.130. The number of alkyl halides is 1. The maximum absolute atomic E-state index is 5.47. The van der Waals surface area contributed by atoms with Crippen LogP contribution in [0, 0.1) is 5.92 Å². The molecular formula is C9H15IN2O. The van der Waals surface area contributed by atoms with Gasteiger partial charge in [0.05, 0.1) is 25.4 Å². The highest BCUT2D eigenvalue weighted by molar-refractivity contribution is 14.1. The second kappa shape index (κ2) is 5.57. The average molecular weight is 294 g/mol. The Morgan fingerprint density at radius 3 is 3.08 bits per heavy atom. The summed E-state index contributed by atoms with van der Waals surface area (Å²) >= 11 is 2.32. The summed E-state index contributed by atoms with van der Waals surface area (Å²) in [5.41, 5.74) is 0. The summed E-state index contributed by atoms with van der Waals surface area (Å²) in [6.45, 7) is 5.77. The molecule has 0 saturated carbocycles. The van der Waals surface area contributed by atoms with Crippen molar-refractivity contribution in [2.24, 2.45) is 15.9 Å². The fourth-order valence-corrected chi connectivity index (χ4v) is 1.39. The molecule has 1 aliphatic heterocycles. The molecular weight excluding hydrogens is 279 g/mol. The first kappa shape index (κ1) is 10.9. The van der Waals surface area contributed by atoms with Crippen LogP contribution in [0.1, 0.15) is 13.8 Å². The SMILES string of the molecule is CC(C)COC1=NC(CI)CN=C1. The van der Waals surface area contributed by atoms with Crippen LogP contribution < -0.4 is 0 Å². The number of ether oxygens (including phenoxy) is 1. The first-order valence-corrected chi connectivity index (χ1v) is 6.01. The maximum Gasteiger partial charge on any atom is 0.227 e. The topological polar surface area (TPSA) is 34.0 Å². The Morgan fingerprint density at radius 1 is 1.69 bits per heavy atom. The summed E-state index contributed by atoms with van der Waals surface area (Å²) in [6.07, 6.45) is 1.73. The van der Waals surface area contributed by atoms with E-state index in [1.165, 1.54) is 0 Å². The van der Waals surface area contributed by atoms with E-state index in [2.05, 4.69) is 46.4 Å². The smallest absolute Gasteiger partial charge is 0.227 e. The lowest BCUT2D eigenvalue weighted by Crippen LogP contribution is -2.23. The molecule has 0 saturated heterocycles. The van der Waals surface area contributed by atoms with E-state index in [1.54, 1.807) is 6.21 Å². The van der Waals surface area contributed by atoms with Crippen molar-refractivity contribution in [2.45, 2.75) is 19.9 Å². The largest absolute Gasteiger partial charge is 0.477 e. The van der Waals surface area contributed by atoms with E-state index in [9.17, 15) is 0 Å². The quantitative estimate of drug-likeness (QED) is 0.578. The summed E-state index contributed by atoms with van der Waals surface area (Å²) in [5, 5.41) is 0. The molecule has 1 aliphatic rings. The molecule has 1 heterocycles. The fraction of sp³-hybridized carbons (Fsp3) is 0.778. The molecule has 0 aromatic rings. The van der Waals surface area contributed by atoms with Crippen LogP contribution in [0.4, 0.5) is 0 Å². The molecule has 0 radical (unpaired) electrons. The summed E-state index contributed by atoms with van der Waals surface area (Å²) in [7, 11) is 0. The van der Waals surface area contributed by atoms with Gasteiger partial charge in [0.2, 0.25) is 5.90 Å². The molecule has 1 rings (SSSR count). The van der Waals surface area contributed by atoms with Crippen molar-refractivity contribution in [3.05, 3.63) is 0 Å². The molecule has 4 heteroatoms. The van der Waals surface area contributed by atoms with Crippen molar-refractivity contribution >= 4 is 34.7 Å². The number of hydrogen-bond acceptors (Lipinski definition) is 3. The molecule has 3 nitrogen and oxygen atoms in total. The van der Waals surface area contributed by atoms with Crippen LogP contribution in [0.25, 0.3) is 0 Å². The summed E-state index contributed by atoms with van der Waals surface area (Å²) < 4.78 is 6.48. The van der Waals surface area contributed by atoms with Crippen molar-refractivity contribution in [3.63, 3.8) is 0 Å². The number of nitrogens with zero attached hydrogens (tertiary/aromatic N) is 2. The molecule has 1 atom stereocenters. The Labute approximate surface area is 92.8 Å². The van der Waals surface area contributed by atoms with Gasteiger partial charge in [-0.05, 0) is 5.92 Å². The van der Waals surface area contributed by atoms with E-state index in [4.69, 9.17) is 4.74 Å². The second-order valence-electron chi connectivity index (χ2n) is 3.47. The zero-order valence-corrected chi connectivity index (χ0v) is 10.2. The van der Waals surface area contributed by atoms with Crippen molar-refractivity contribution in [3.8, 4) is 0 Å². The van der Waals surface area contributed by atoms with Gasteiger partial charge in [0.1, 0.15) is 0 Å². The van der Waals surface area contributed by atoms with E-state index in [1.807, 2.05) is 0 Å². The van der Waals surface area contributed by atoms with Crippen LogP contribution in [0.5, 0.6) is 0 Å². The normalized spacial score (nSPS) is 21.8. The lowest BCUT2D eigenvalue weighted by Gasteiger charge is -2.14. The standard InChI is InChI=1S/C9H15IN2O/c1-7(2)6-13-9-5-11-4-8(3-10)12-9/h5,7-8H,3-4,6H2,1-2H3. The highest BCUT2D eigenvalue weighted by atomic mass is 127. The van der Waals surface area contributed by atoms with Gasteiger partial charge < -0.3 is 4.74 Å². The minimum atomic E-state index is 0.313. The van der Waals surface area contributed by atoms with Gasteiger partial charge in [0.15, 0.2) is 0 Å². The minimum absolute atomic E-state index is 0.313. The van der Waals surface area contributed by atoms with E-state index in [-0.39, 0.29) is 0 Å². The number of halogens is 1. The van der Waals surface area contributed by atoms with Crippen molar-refractivity contribution < 1.29 is 4.74 Å². The molecule has 0 amide bonds. The predicted molar refractivity (Wildman–Crippen MR) is 64.3 cm³/mol. The maximum atomic E-state index is 5.47. The zero-order valence-electron chi connectivity index (χ0n) is 8.03. The third kappa shape index (κ3) is 4.06. The first-order chi connectivity index (χ1) is 6.22. The lowest BCUT2D eigenvalue weighted by atomic mass is 10.2. The Balaban J connectivity index is 2.39. The average Bonchev–Trinajstić information content (AvgIpc) is 2.15. The Morgan fingerprint density at radius 2 is 2.46 bits per heavy atom. The predicted octanol–water partition coefficient (Wildman–Crippen LogP) is 1.95. The minimum Gasteiger partial charge on any atom is -0.477 e. The Bertz CT molecular complexity index is 214. The molecule has 0 aromatic heterocycles. The molecule has 13 heavy (non-hydrogen) atoms.